The molecule has 6 heteroatoms. The number of nitrogens with one attached hydrogen (secondary N) is 3. The van der Waals surface area contributed by atoms with Gasteiger partial charge in [-0.2, -0.15) is 0 Å². The Labute approximate surface area is 148 Å². The van der Waals surface area contributed by atoms with Gasteiger partial charge in [0.15, 0.2) is 0 Å². The van der Waals surface area contributed by atoms with Crippen LogP contribution in [0.2, 0.25) is 5.02 Å². The summed E-state index contributed by atoms with van der Waals surface area (Å²) in [6, 6.07) is 15.4. The maximum Gasteiger partial charge on any atom is 0.323 e. The number of imidazole rings is 1. The first-order valence-corrected chi connectivity index (χ1v) is 8.27. The van der Waals surface area contributed by atoms with Gasteiger partial charge in [-0.1, -0.05) is 23.7 Å². The molecular formula is C19H16ClN3O2. The van der Waals surface area contributed by atoms with Crippen LogP contribution in [0.15, 0.2) is 57.7 Å². The van der Waals surface area contributed by atoms with Gasteiger partial charge in [0.25, 0.3) is 0 Å². The highest BCUT2D eigenvalue weighted by molar-refractivity contribution is 6.31. The van der Waals surface area contributed by atoms with Crippen LogP contribution in [0.1, 0.15) is 11.3 Å². The molecule has 4 rings (SSSR count). The molecule has 2 aromatic carbocycles. The topological polar surface area (TPSA) is 73.8 Å². The number of furan rings is 1. The van der Waals surface area contributed by atoms with Crippen LogP contribution in [0.5, 0.6) is 0 Å². The lowest BCUT2D eigenvalue weighted by molar-refractivity contribution is 0.531. The average Bonchev–Trinajstić information content (AvgIpc) is 3.20. The summed E-state index contributed by atoms with van der Waals surface area (Å²) in [7, 11) is 0. The molecule has 0 unspecified atom stereocenters. The number of halogens is 1. The number of aryl methyl sites for hydroxylation is 1. The van der Waals surface area contributed by atoms with Crippen molar-refractivity contribution in [1.29, 1.82) is 0 Å². The highest BCUT2D eigenvalue weighted by atomic mass is 35.5. The first-order valence-electron chi connectivity index (χ1n) is 7.90. The smallest absolute Gasteiger partial charge is 0.323 e. The lowest BCUT2D eigenvalue weighted by atomic mass is 10.1. The maximum atomic E-state index is 11.3. The number of benzene rings is 2. The van der Waals surface area contributed by atoms with Gasteiger partial charge in [0, 0.05) is 16.3 Å². The minimum atomic E-state index is -0.209. The van der Waals surface area contributed by atoms with Crippen LogP contribution >= 0.6 is 11.6 Å². The second-order valence-electron chi connectivity index (χ2n) is 5.92. The molecule has 0 aliphatic rings. The van der Waals surface area contributed by atoms with E-state index in [2.05, 4.69) is 15.3 Å². The van der Waals surface area contributed by atoms with Crippen LogP contribution in [-0.2, 0) is 6.54 Å². The Kier molecular flexibility index (Phi) is 3.86. The van der Waals surface area contributed by atoms with Crippen LogP contribution in [0.4, 0.5) is 5.69 Å². The SMILES string of the molecule is Cc1ccc(-c2ccc(CNc3ccc4[nH]c(=O)[nH]c4c3)o2)cc1Cl. The third-order valence-electron chi connectivity index (χ3n) is 4.10. The lowest BCUT2D eigenvalue weighted by Gasteiger charge is -2.05. The van der Waals surface area contributed by atoms with E-state index in [9.17, 15) is 4.79 Å². The molecule has 0 saturated carbocycles. The van der Waals surface area contributed by atoms with Gasteiger partial charge >= 0.3 is 5.69 Å². The third-order valence-corrected chi connectivity index (χ3v) is 4.51. The molecule has 3 N–H and O–H groups in total. The van der Waals surface area contributed by atoms with E-state index in [0.29, 0.717) is 6.54 Å². The zero-order chi connectivity index (χ0) is 17.4. The van der Waals surface area contributed by atoms with Crippen LogP contribution in [0.3, 0.4) is 0 Å². The normalized spacial score (nSPS) is 11.1. The third kappa shape index (κ3) is 3.19. The van der Waals surface area contributed by atoms with Gasteiger partial charge in [0.1, 0.15) is 11.5 Å². The number of fused-ring (bicyclic) bond motifs is 1. The zero-order valence-electron chi connectivity index (χ0n) is 13.5. The summed E-state index contributed by atoms with van der Waals surface area (Å²) in [4.78, 5) is 16.8. The molecule has 2 heterocycles. The van der Waals surface area contributed by atoms with Crippen molar-refractivity contribution in [2.75, 3.05) is 5.32 Å². The molecule has 0 atom stereocenters. The van der Waals surface area contributed by atoms with Crippen molar-refractivity contribution in [3.63, 3.8) is 0 Å². The standard InChI is InChI=1S/C19H16ClN3O2/c1-11-2-3-12(8-15(11)20)18-7-5-14(25-18)10-21-13-4-6-16-17(9-13)23-19(24)22-16/h2-9,21H,10H2,1H3,(H2,22,23,24). The lowest BCUT2D eigenvalue weighted by Crippen LogP contribution is -1.99. The fourth-order valence-corrected chi connectivity index (χ4v) is 2.89. The summed E-state index contributed by atoms with van der Waals surface area (Å²) in [5.41, 5.74) is 4.24. The largest absolute Gasteiger partial charge is 0.459 e. The molecular weight excluding hydrogens is 338 g/mol. The summed E-state index contributed by atoms with van der Waals surface area (Å²) in [6.45, 7) is 2.51. The van der Waals surface area contributed by atoms with Crippen molar-refractivity contribution in [2.45, 2.75) is 13.5 Å². The van der Waals surface area contributed by atoms with Gasteiger partial charge < -0.3 is 19.7 Å². The Morgan fingerprint density at radius 1 is 1.04 bits per heavy atom. The number of anilines is 1. The molecule has 126 valence electrons. The monoisotopic (exact) mass is 353 g/mol. The van der Waals surface area contributed by atoms with Gasteiger partial charge in [-0.15, -0.1) is 0 Å². The van der Waals surface area contributed by atoms with Gasteiger partial charge in [-0.3, -0.25) is 0 Å². The number of hydrogen-bond acceptors (Lipinski definition) is 3. The van der Waals surface area contributed by atoms with E-state index in [0.717, 1.165) is 44.4 Å². The summed E-state index contributed by atoms with van der Waals surface area (Å²) in [5, 5.41) is 4.02. The predicted molar refractivity (Wildman–Crippen MR) is 100 cm³/mol. The number of hydrogen-bond donors (Lipinski definition) is 3. The van der Waals surface area contributed by atoms with Crippen molar-refractivity contribution >= 4 is 28.3 Å². The molecule has 2 aromatic heterocycles. The van der Waals surface area contributed by atoms with E-state index in [-0.39, 0.29) is 5.69 Å². The fraction of sp³-hybridized carbons (Fsp3) is 0.105. The minimum Gasteiger partial charge on any atom is -0.459 e. The molecule has 0 radical (unpaired) electrons. The minimum absolute atomic E-state index is 0.209. The summed E-state index contributed by atoms with van der Waals surface area (Å²) < 4.78 is 5.89. The summed E-state index contributed by atoms with van der Waals surface area (Å²) in [6.07, 6.45) is 0. The molecule has 0 spiro atoms. The van der Waals surface area contributed by atoms with Crippen molar-refractivity contribution in [3.8, 4) is 11.3 Å². The number of aromatic amines is 2. The molecule has 4 aromatic rings. The average molecular weight is 354 g/mol. The Morgan fingerprint density at radius 2 is 1.88 bits per heavy atom. The van der Waals surface area contributed by atoms with Crippen molar-refractivity contribution < 1.29 is 4.42 Å². The number of H-pyrrole nitrogens is 2. The number of aromatic nitrogens is 2. The summed E-state index contributed by atoms with van der Waals surface area (Å²) in [5.74, 6) is 1.60. The first kappa shape index (κ1) is 15.6. The highest BCUT2D eigenvalue weighted by Crippen LogP contribution is 2.27. The van der Waals surface area contributed by atoms with Crippen LogP contribution in [0, 0.1) is 6.92 Å². The van der Waals surface area contributed by atoms with Gasteiger partial charge in [-0.05, 0) is 48.9 Å². The van der Waals surface area contributed by atoms with E-state index in [1.165, 1.54) is 0 Å². The molecule has 25 heavy (non-hydrogen) atoms. The highest BCUT2D eigenvalue weighted by Gasteiger charge is 2.07. The Bertz CT molecular complexity index is 1110. The molecule has 0 amide bonds. The van der Waals surface area contributed by atoms with Crippen LogP contribution in [0.25, 0.3) is 22.4 Å². The first-order chi connectivity index (χ1) is 12.1. The van der Waals surface area contributed by atoms with E-state index in [1.54, 1.807) is 0 Å². The maximum absolute atomic E-state index is 11.3. The summed E-state index contributed by atoms with van der Waals surface area (Å²) >= 11 is 6.18. The molecule has 0 aliphatic heterocycles. The molecule has 5 nitrogen and oxygen atoms in total. The van der Waals surface area contributed by atoms with Gasteiger partial charge in [0.05, 0.1) is 17.6 Å². The quantitative estimate of drug-likeness (QED) is 0.498. The van der Waals surface area contributed by atoms with E-state index < -0.39 is 0 Å². The predicted octanol–water partition coefficient (Wildman–Crippen LogP) is 4.69. The van der Waals surface area contributed by atoms with Crippen LogP contribution < -0.4 is 11.0 Å². The second-order valence-corrected chi connectivity index (χ2v) is 6.33. The Morgan fingerprint density at radius 3 is 2.72 bits per heavy atom. The Balaban J connectivity index is 1.50. The number of rotatable bonds is 4. The zero-order valence-corrected chi connectivity index (χ0v) is 14.3. The van der Waals surface area contributed by atoms with E-state index >= 15 is 0 Å². The molecule has 0 saturated heterocycles. The van der Waals surface area contributed by atoms with Crippen molar-refractivity contribution in [3.05, 3.63) is 75.4 Å². The molecule has 0 bridgehead atoms. The Hall–Kier alpha value is -2.92. The van der Waals surface area contributed by atoms with Gasteiger partial charge in [0.2, 0.25) is 0 Å². The van der Waals surface area contributed by atoms with Crippen LogP contribution in [-0.4, -0.2) is 9.97 Å². The van der Waals surface area contributed by atoms with E-state index in [1.807, 2.05) is 55.5 Å². The molecule has 0 fully saturated rings. The van der Waals surface area contributed by atoms with E-state index in [4.69, 9.17) is 16.0 Å². The van der Waals surface area contributed by atoms with Crippen molar-refractivity contribution in [2.24, 2.45) is 0 Å². The van der Waals surface area contributed by atoms with Gasteiger partial charge in [-0.25, -0.2) is 4.79 Å². The molecule has 0 aliphatic carbocycles. The fourth-order valence-electron chi connectivity index (χ4n) is 2.71. The van der Waals surface area contributed by atoms with Crippen molar-refractivity contribution in [1.82, 2.24) is 9.97 Å². The second kappa shape index (κ2) is 6.18.